The van der Waals surface area contributed by atoms with E-state index in [1.807, 2.05) is 19.9 Å². The van der Waals surface area contributed by atoms with E-state index < -0.39 is 10.7 Å². The molecule has 0 spiro atoms. The van der Waals surface area contributed by atoms with Gasteiger partial charge in [-0.15, -0.1) is 0 Å². The molecule has 0 amide bonds. The van der Waals surface area contributed by atoms with E-state index in [2.05, 4.69) is 9.97 Å². The van der Waals surface area contributed by atoms with Crippen molar-refractivity contribution in [1.29, 1.82) is 0 Å². The van der Waals surface area contributed by atoms with Gasteiger partial charge in [0, 0.05) is 11.4 Å². The summed E-state index contributed by atoms with van der Waals surface area (Å²) >= 11 is 1.10. The zero-order valence-electron chi connectivity index (χ0n) is 9.20. The van der Waals surface area contributed by atoms with Crippen LogP contribution in [0.5, 0.6) is 0 Å². The number of carbonyl (C=O) groups is 1. The average Bonchev–Trinajstić information content (AvgIpc) is 1.99. The standard InChI is InChI=1S/C10H14N2O2S/c1-6-5-7(2)12-9(11-6)15-10(3,4)8(13)14/h5H,1-4H3,(H,13,14)/p-1. The largest absolute Gasteiger partial charge is 0.549 e. The molecule has 15 heavy (non-hydrogen) atoms. The Morgan fingerprint density at radius 2 is 1.80 bits per heavy atom. The summed E-state index contributed by atoms with van der Waals surface area (Å²) < 4.78 is -1.01. The molecule has 1 aromatic rings. The molecule has 0 fully saturated rings. The molecule has 0 aliphatic heterocycles. The van der Waals surface area contributed by atoms with Gasteiger partial charge in [-0.3, -0.25) is 0 Å². The molecule has 4 nitrogen and oxygen atoms in total. The fourth-order valence-electron chi connectivity index (χ4n) is 1.01. The number of hydrogen-bond donors (Lipinski definition) is 0. The van der Waals surface area contributed by atoms with Crippen molar-refractivity contribution in [2.24, 2.45) is 0 Å². The fraction of sp³-hybridized carbons (Fsp3) is 0.500. The summed E-state index contributed by atoms with van der Waals surface area (Å²) in [5.74, 6) is -1.12. The summed E-state index contributed by atoms with van der Waals surface area (Å²) in [6.07, 6.45) is 0. The number of aromatic nitrogens is 2. The molecule has 0 aliphatic carbocycles. The first kappa shape index (κ1) is 12.0. The maximum Gasteiger partial charge on any atom is 0.188 e. The van der Waals surface area contributed by atoms with Crippen molar-refractivity contribution in [2.45, 2.75) is 37.6 Å². The normalized spacial score (nSPS) is 11.5. The molecule has 5 heteroatoms. The first-order valence-corrected chi connectivity index (χ1v) is 5.35. The lowest BCUT2D eigenvalue weighted by Gasteiger charge is -2.23. The van der Waals surface area contributed by atoms with E-state index in [0.717, 1.165) is 23.1 Å². The van der Waals surface area contributed by atoms with Crippen molar-refractivity contribution >= 4 is 17.7 Å². The first-order valence-electron chi connectivity index (χ1n) is 4.54. The van der Waals surface area contributed by atoms with E-state index in [9.17, 15) is 9.90 Å². The molecule has 0 unspecified atom stereocenters. The second-order valence-electron chi connectivity index (χ2n) is 3.83. The van der Waals surface area contributed by atoms with Crippen LogP contribution in [-0.2, 0) is 4.79 Å². The smallest absolute Gasteiger partial charge is 0.188 e. The lowest BCUT2D eigenvalue weighted by Crippen LogP contribution is -2.41. The van der Waals surface area contributed by atoms with E-state index >= 15 is 0 Å². The van der Waals surface area contributed by atoms with Gasteiger partial charge in [0.05, 0.1) is 10.7 Å². The minimum Gasteiger partial charge on any atom is -0.549 e. The predicted octanol–water partition coefficient (Wildman–Crippen LogP) is 0.714. The van der Waals surface area contributed by atoms with E-state index in [1.165, 1.54) is 0 Å². The van der Waals surface area contributed by atoms with Crippen LogP contribution in [0.15, 0.2) is 11.2 Å². The molecule has 0 aliphatic rings. The van der Waals surface area contributed by atoms with Gasteiger partial charge in [0.25, 0.3) is 0 Å². The van der Waals surface area contributed by atoms with Crippen LogP contribution in [0.4, 0.5) is 0 Å². The number of hydrogen-bond acceptors (Lipinski definition) is 5. The van der Waals surface area contributed by atoms with Crippen LogP contribution in [0.2, 0.25) is 0 Å². The summed E-state index contributed by atoms with van der Waals surface area (Å²) in [5, 5.41) is 11.3. The Balaban J connectivity index is 2.94. The van der Waals surface area contributed by atoms with Crippen molar-refractivity contribution in [3.05, 3.63) is 17.5 Å². The summed E-state index contributed by atoms with van der Waals surface area (Å²) in [7, 11) is 0. The van der Waals surface area contributed by atoms with Crippen molar-refractivity contribution in [1.82, 2.24) is 9.97 Å². The topological polar surface area (TPSA) is 65.9 Å². The number of carbonyl (C=O) groups excluding carboxylic acids is 1. The van der Waals surface area contributed by atoms with Crippen molar-refractivity contribution in [3.63, 3.8) is 0 Å². The second-order valence-corrected chi connectivity index (χ2v) is 5.42. The van der Waals surface area contributed by atoms with Crippen molar-refractivity contribution in [3.8, 4) is 0 Å². The number of thioether (sulfide) groups is 1. The van der Waals surface area contributed by atoms with E-state index in [4.69, 9.17) is 0 Å². The number of aliphatic carboxylic acids is 1. The molecule has 0 N–H and O–H groups in total. The predicted molar refractivity (Wildman–Crippen MR) is 56.4 cm³/mol. The third-order valence-corrected chi connectivity index (χ3v) is 2.84. The van der Waals surface area contributed by atoms with Gasteiger partial charge in [-0.2, -0.15) is 0 Å². The highest BCUT2D eigenvalue weighted by Gasteiger charge is 2.22. The maximum absolute atomic E-state index is 10.8. The third-order valence-electron chi connectivity index (χ3n) is 1.80. The van der Waals surface area contributed by atoms with Gasteiger partial charge in [0.1, 0.15) is 0 Å². The molecular weight excluding hydrogens is 212 g/mol. The van der Waals surface area contributed by atoms with Crippen LogP contribution in [0.1, 0.15) is 25.2 Å². The Morgan fingerprint density at radius 3 is 2.20 bits per heavy atom. The first-order chi connectivity index (χ1) is 6.81. The van der Waals surface area contributed by atoms with Crippen LogP contribution in [0.3, 0.4) is 0 Å². The van der Waals surface area contributed by atoms with Gasteiger partial charge < -0.3 is 9.90 Å². The summed E-state index contributed by atoms with van der Waals surface area (Å²) in [6, 6.07) is 1.84. The molecule has 0 aromatic carbocycles. The van der Waals surface area contributed by atoms with Crippen molar-refractivity contribution < 1.29 is 9.90 Å². The molecule has 0 radical (unpaired) electrons. The Labute approximate surface area is 93.1 Å². The maximum atomic E-state index is 10.8. The van der Waals surface area contributed by atoms with E-state index in [-0.39, 0.29) is 0 Å². The van der Waals surface area contributed by atoms with Gasteiger partial charge in [0.15, 0.2) is 5.16 Å². The molecule has 0 bridgehead atoms. The number of nitrogens with zero attached hydrogens (tertiary/aromatic N) is 2. The van der Waals surface area contributed by atoms with Gasteiger partial charge in [-0.05, 0) is 33.8 Å². The Bertz CT molecular complexity index is 371. The number of rotatable bonds is 3. The van der Waals surface area contributed by atoms with E-state index in [1.54, 1.807) is 13.8 Å². The zero-order valence-corrected chi connectivity index (χ0v) is 10.0. The molecular formula is C10H13N2O2S-. The van der Waals surface area contributed by atoms with Gasteiger partial charge in [-0.1, -0.05) is 11.8 Å². The summed E-state index contributed by atoms with van der Waals surface area (Å²) in [5.41, 5.74) is 1.67. The molecule has 0 atom stereocenters. The van der Waals surface area contributed by atoms with Crippen LogP contribution in [0.25, 0.3) is 0 Å². The molecule has 0 saturated carbocycles. The highest BCUT2D eigenvalue weighted by atomic mass is 32.2. The van der Waals surface area contributed by atoms with E-state index in [0.29, 0.717) is 5.16 Å². The van der Waals surface area contributed by atoms with Crippen LogP contribution < -0.4 is 5.11 Å². The highest BCUT2D eigenvalue weighted by molar-refractivity contribution is 8.01. The molecule has 1 rings (SSSR count). The number of carboxylic acid groups (broad SMARTS) is 1. The number of carboxylic acids is 1. The Morgan fingerprint density at radius 1 is 1.33 bits per heavy atom. The van der Waals surface area contributed by atoms with Crippen molar-refractivity contribution in [2.75, 3.05) is 0 Å². The zero-order chi connectivity index (χ0) is 11.6. The Hall–Kier alpha value is -1.10. The average molecular weight is 225 g/mol. The third kappa shape index (κ3) is 3.20. The summed E-state index contributed by atoms with van der Waals surface area (Å²) in [6.45, 7) is 6.86. The lowest BCUT2D eigenvalue weighted by atomic mass is 10.2. The SMILES string of the molecule is Cc1cc(C)nc(SC(C)(C)C(=O)[O-])n1. The quantitative estimate of drug-likeness (QED) is 0.560. The van der Waals surface area contributed by atoms with Crippen LogP contribution >= 0.6 is 11.8 Å². The number of aryl methyl sites for hydroxylation is 2. The lowest BCUT2D eigenvalue weighted by molar-refractivity contribution is -0.308. The van der Waals surface area contributed by atoms with Gasteiger partial charge in [0.2, 0.25) is 0 Å². The minimum absolute atomic E-state index is 0.474. The van der Waals surface area contributed by atoms with Crippen LogP contribution in [0, 0.1) is 13.8 Å². The Kier molecular flexibility index (Phi) is 3.34. The van der Waals surface area contributed by atoms with Gasteiger partial charge >= 0.3 is 0 Å². The minimum atomic E-state index is -1.12. The second kappa shape index (κ2) is 4.18. The van der Waals surface area contributed by atoms with Crippen LogP contribution in [-0.4, -0.2) is 20.7 Å². The summed E-state index contributed by atoms with van der Waals surface area (Å²) in [4.78, 5) is 19.1. The fourth-order valence-corrected chi connectivity index (χ4v) is 1.93. The molecule has 0 saturated heterocycles. The molecule has 82 valence electrons. The monoisotopic (exact) mass is 225 g/mol. The molecule has 1 heterocycles. The molecule has 1 aromatic heterocycles. The highest BCUT2D eigenvalue weighted by Crippen LogP contribution is 2.29. The van der Waals surface area contributed by atoms with Gasteiger partial charge in [-0.25, -0.2) is 9.97 Å².